The molecule has 2 unspecified atom stereocenters. The maximum atomic E-state index is 12.3. The number of hydrogen-bond acceptors (Lipinski definition) is 3. The third-order valence-electron chi connectivity index (χ3n) is 4.50. The largest absolute Gasteiger partial charge is 0.396 e. The van der Waals surface area contributed by atoms with E-state index in [4.69, 9.17) is 0 Å². The maximum absolute atomic E-state index is 12.3. The fraction of sp³-hybridized carbons (Fsp3) is 0.500. The molecule has 5 heteroatoms. The molecule has 1 fully saturated rings. The van der Waals surface area contributed by atoms with Gasteiger partial charge in [-0.3, -0.25) is 4.79 Å². The van der Waals surface area contributed by atoms with Gasteiger partial charge in [0.2, 0.25) is 0 Å². The topological polar surface area (TPSA) is 66.6 Å². The van der Waals surface area contributed by atoms with Gasteiger partial charge >= 0.3 is 0 Å². The fourth-order valence-electron chi connectivity index (χ4n) is 3.22. The van der Waals surface area contributed by atoms with E-state index in [0.29, 0.717) is 23.9 Å². The van der Waals surface area contributed by atoms with Gasteiger partial charge in [0.15, 0.2) is 0 Å². The lowest BCUT2D eigenvalue weighted by Gasteiger charge is -2.30. The first-order chi connectivity index (χ1) is 10.3. The number of aromatic nitrogens is 2. The number of hydrogen-bond donors (Lipinski definition) is 2. The average Bonchev–Trinajstić information content (AvgIpc) is 2.97. The van der Waals surface area contributed by atoms with E-state index in [1.165, 1.54) is 12.8 Å². The number of aliphatic hydroxyl groups is 1. The highest BCUT2D eigenvalue weighted by Crippen LogP contribution is 2.29. The molecule has 21 heavy (non-hydrogen) atoms. The summed E-state index contributed by atoms with van der Waals surface area (Å²) in [5.74, 6) is 0.621. The summed E-state index contributed by atoms with van der Waals surface area (Å²) >= 11 is 0. The van der Waals surface area contributed by atoms with E-state index in [2.05, 4.69) is 10.4 Å². The summed E-state index contributed by atoms with van der Waals surface area (Å²) in [5.41, 5.74) is 1.42. The van der Waals surface area contributed by atoms with Crippen molar-refractivity contribution in [2.45, 2.75) is 25.7 Å². The van der Waals surface area contributed by atoms with Crippen LogP contribution in [0.2, 0.25) is 0 Å². The van der Waals surface area contributed by atoms with Gasteiger partial charge in [-0.1, -0.05) is 18.9 Å². The molecule has 2 heterocycles. The predicted octanol–water partition coefficient (Wildman–Crippen LogP) is 1.86. The highest BCUT2D eigenvalue weighted by Gasteiger charge is 2.25. The van der Waals surface area contributed by atoms with Gasteiger partial charge in [-0.15, -0.1) is 0 Å². The third kappa shape index (κ3) is 2.93. The zero-order valence-electron chi connectivity index (χ0n) is 12.0. The molecule has 3 rings (SSSR count). The van der Waals surface area contributed by atoms with E-state index in [1.54, 1.807) is 10.7 Å². The van der Waals surface area contributed by atoms with Crippen LogP contribution in [-0.4, -0.2) is 33.8 Å². The molecule has 2 aromatic heterocycles. The Hall–Kier alpha value is -1.88. The van der Waals surface area contributed by atoms with Crippen molar-refractivity contribution in [1.29, 1.82) is 0 Å². The Bertz CT molecular complexity index is 623. The zero-order valence-corrected chi connectivity index (χ0v) is 12.0. The molecule has 2 N–H and O–H groups in total. The number of amides is 1. The minimum Gasteiger partial charge on any atom is -0.396 e. The number of pyridine rings is 1. The van der Waals surface area contributed by atoms with Crippen LogP contribution in [0.25, 0.3) is 5.52 Å². The Morgan fingerprint density at radius 3 is 2.95 bits per heavy atom. The molecule has 0 bridgehead atoms. The highest BCUT2D eigenvalue weighted by atomic mass is 16.3. The van der Waals surface area contributed by atoms with Crippen LogP contribution in [0.5, 0.6) is 0 Å². The van der Waals surface area contributed by atoms with Crippen molar-refractivity contribution in [3.63, 3.8) is 0 Å². The summed E-state index contributed by atoms with van der Waals surface area (Å²) in [5, 5.41) is 16.6. The van der Waals surface area contributed by atoms with Crippen LogP contribution in [0.15, 0.2) is 30.6 Å². The molecule has 112 valence electrons. The standard InChI is InChI=1S/C16H21N3O2/c20-11-13-6-2-1-5-12(13)9-17-16(21)14-10-18-19-8-4-3-7-15(14)19/h3-4,7-8,10,12-13,20H,1-2,5-6,9,11H2,(H,17,21). The van der Waals surface area contributed by atoms with Crippen LogP contribution in [-0.2, 0) is 0 Å². The second kappa shape index (κ2) is 6.26. The van der Waals surface area contributed by atoms with Crippen LogP contribution in [0, 0.1) is 11.8 Å². The van der Waals surface area contributed by atoms with Gasteiger partial charge in [-0.2, -0.15) is 5.10 Å². The molecule has 0 radical (unpaired) electrons. The number of carbonyl (C=O) groups is 1. The van der Waals surface area contributed by atoms with Gasteiger partial charge < -0.3 is 10.4 Å². The molecular weight excluding hydrogens is 266 g/mol. The third-order valence-corrected chi connectivity index (χ3v) is 4.50. The molecule has 0 aliphatic heterocycles. The van der Waals surface area contributed by atoms with E-state index in [-0.39, 0.29) is 12.5 Å². The van der Waals surface area contributed by atoms with Gasteiger partial charge in [0.1, 0.15) is 0 Å². The molecule has 2 aromatic rings. The summed E-state index contributed by atoms with van der Waals surface area (Å²) in [6, 6.07) is 5.67. The number of carbonyl (C=O) groups excluding carboxylic acids is 1. The number of rotatable bonds is 4. The molecule has 1 aliphatic rings. The van der Waals surface area contributed by atoms with Crippen LogP contribution in [0.1, 0.15) is 36.0 Å². The first kappa shape index (κ1) is 14.1. The Morgan fingerprint density at radius 2 is 2.14 bits per heavy atom. The van der Waals surface area contributed by atoms with Crippen LogP contribution >= 0.6 is 0 Å². The summed E-state index contributed by atoms with van der Waals surface area (Å²) < 4.78 is 1.70. The number of fused-ring (bicyclic) bond motifs is 1. The second-order valence-electron chi connectivity index (χ2n) is 5.79. The van der Waals surface area contributed by atoms with Gasteiger partial charge in [0.25, 0.3) is 5.91 Å². The van der Waals surface area contributed by atoms with Crippen molar-refractivity contribution in [1.82, 2.24) is 14.9 Å². The van der Waals surface area contributed by atoms with Crippen molar-refractivity contribution in [3.8, 4) is 0 Å². The SMILES string of the molecule is O=C(NCC1CCCCC1CO)c1cnn2ccccc12. The Morgan fingerprint density at radius 1 is 1.33 bits per heavy atom. The van der Waals surface area contributed by atoms with Crippen LogP contribution < -0.4 is 5.32 Å². The van der Waals surface area contributed by atoms with E-state index in [1.807, 2.05) is 24.4 Å². The first-order valence-electron chi connectivity index (χ1n) is 7.61. The van der Waals surface area contributed by atoms with Gasteiger partial charge in [0.05, 0.1) is 17.3 Å². The Balaban J connectivity index is 1.66. The Labute approximate surface area is 124 Å². The number of nitrogens with zero attached hydrogens (tertiary/aromatic N) is 2. The molecule has 1 amide bonds. The lowest BCUT2D eigenvalue weighted by Crippen LogP contribution is -2.35. The second-order valence-corrected chi connectivity index (χ2v) is 5.79. The van der Waals surface area contributed by atoms with Crippen molar-refractivity contribution < 1.29 is 9.90 Å². The molecule has 0 saturated heterocycles. The van der Waals surface area contributed by atoms with Crippen molar-refractivity contribution in [2.75, 3.05) is 13.2 Å². The van der Waals surface area contributed by atoms with E-state index in [0.717, 1.165) is 18.4 Å². The number of nitrogens with one attached hydrogen (secondary N) is 1. The zero-order chi connectivity index (χ0) is 14.7. The number of aliphatic hydroxyl groups excluding tert-OH is 1. The fourth-order valence-corrected chi connectivity index (χ4v) is 3.22. The normalized spacial score (nSPS) is 22.3. The van der Waals surface area contributed by atoms with Crippen LogP contribution in [0.3, 0.4) is 0 Å². The molecular formula is C16H21N3O2. The Kier molecular flexibility index (Phi) is 4.20. The van der Waals surface area contributed by atoms with Crippen molar-refractivity contribution >= 4 is 11.4 Å². The van der Waals surface area contributed by atoms with Crippen LogP contribution in [0.4, 0.5) is 0 Å². The van der Waals surface area contributed by atoms with Crippen molar-refractivity contribution in [2.24, 2.45) is 11.8 Å². The van der Waals surface area contributed by atoms with E-state index >= 15 is 0 Å². The average molecular weight is 287 g/mol. The van der Waals surface area contributed by atoms with Gasteiger partial charge in [-0.05, 0) is 36.8 Å². The molecule has 0 spiro atoms. The molecule has 1 saturated carbocycles. The molecule has 5 nitrogen and oxygen atoms in total. The summed E-state index contributed by atoms with van der Waals surface area (Å²) in [6.45, 7) is 0.853. The summed E-state index contributed by atoms with van der Waals surface area (Å²) in [7, 11) is 0. The van der Waals surface area contributed by atoms with Gasteiger partial charge in [0, 0.05) is 19.3 Å². The van der Waals surface area contributed by atoms with Crippen molar-refractivity contribution in [3.05, 3.63) is 36.2 Å². The lowest BCUT2D eigenvalue weighted by atomic mass is 9.79. The first-order valence-corrected chi connectivity index (χ1v) is 7.61. The smallest absolute Gasteiger partial charge is 0.255 e. The predicted molar refractivity (Wildman–Crippen MR) is 80.1 cm³/mol. The van der Waals surface area contributed by atoms with Gasteiger partial charge in [-0.25, -0.2) is 4.52 Å². The highest BCUT2D eigenvalue weighted by molar-refractivity contribution is 6.00. The maximum Gasteiger partial charge on any atom is 0.255 e. The summed E-state index contributed by atoms with van der Waals surface area (Å²) in [4.78, 5) is 12.3. The molecule has 2 atom stereocenters. The monoisotopic (exact) mass is 287 g/mol. The molecule has 1 aliphatic carbocycles. The van der Waals surface area contributed by atoms with E-state index in [9.17, 15) is 9.90 Å². The quantitative estimate of drug-likeness (QED) is 0.902. The lowest BCUT2D eigenvalue weighted by molar-refractivity contribution is 0.0911. The summed E-state index contributed by atoms with van der Waals surface area (Å²) in [6.07, 6.45) is 7.95. The minimum atomic E-state index is -0.0848. The molecule has 0 aromatic carbocycles. The van der Waals surface area contributed by atoms with E-state index < -0.39 is 0 Å². The minimum absolute atomic E-state index is 0.0848.